The van der Waals surface area contributed by atoms with E-state index < -0.39 is 0 Å². The van der Waals surface area contributed by atoms with Gasteiger partial charge in [0.1, 0.15) is 12.2 Å². The quantitative estimate of drug-likeness (QED) is 0.282. The van der Waals surface area contributed by atoms with Crippen molar-refractivity contribution in [1.29, 1.82) is 0 Å². The maximum absolute atomic E-state index is 13.7. The minimum atomic E-state index is -0.364. The summed E-state index contributed by atoms with van der Waals surface area (Å²) in [4.78, 5) is 29.3. The molecule has 1 unspecified atom stereocenters. The van der Waals surface area contributed by atoms with Gasteiger partial charge in [0.2, 0.25) is 0 Å². The van der Waals surface area contributed by atoms with Gasteiger partial charge in [-0.1, -0.05) is 40.5 Å². The molecule has 0 aliphatic carbocycles. The predicted octanol–water partition coefficient (Wildman–Crippen LogP) is 6.32. The highest BCUT2D eigenvalue weighted by atomic mass is 16.6. The van der Waals surface area contributed by atoms with Crippen molar-refractivity contribution in [3.8, 4) is 0 Å². The lowest BCUT2D eigenvalue weighted by Crippen LogP contribution is -2.44. The summed E-state index contributed by atoms with van der Waals surface area (Å²) in [5, 5.41) is 0. The van der Waals surface area contributed by atoms with Crippen LogP contribution in [0.15, 0.2) is 0 Å². The molecule has 4 saturated heterocycles. The highest BCUT2D eigenvalue weighted by molar-refractivity contribution is 5.73. The molecule has 4 fully saturated rings. The number of fused-ring (bicyclic) bond motifs is 4. The van der Waals surface area contributed by atoms with E-state index in [-0.39, 0.29) is 84.4 Å². The zero-order chi connectivity index (χ0) is 31.3. The first-order valence-corrected chi connectivity index (χ1v) is 17.6. The van der Waals surface area contributed by atoms with E-state index in [9.17, 15) is 9.59 Å². The summed E-state index contributed by atoms with van der Waals surface area (Å²) in [6.45, 7) is 12.6. The maximum atomic E-state index is 13.7. The van der Waals surface area contributed by atoms with Gasteiger partial charge < -0.3 is 28.6 Å². The average Bonchev–Trinajstić information content (AvgIpc) is 3.75. The van der Waals surface area contributed by atoms with Crippen LogP contribution in [0.2, 0.25) is 0 Å². The summed E-state index contributed by atoms with van der Waals surface area (Å²) < 4.78 is 32.2. The molecular formula is C35H61NO7. The van der Waals surface area contributed by atoms with E-state index >= 15 is 0 Å². The van der Waals surface area contributed by atoms with Crippen molar-refractivity contribution >= 4 is 11.9 Å². The Hall–Kier alpha value is -1.22. The SMILES string of the molecule is CCCC(C[C@@H]1CC[C@H]([C@@H](C)[C@@H]2OC(=O)[C@@H](C)[C@H]3CC[C@@H](C[C@H](CCC)OC(=O)[C@H](C)[C@H]4CC[C@H](O4)[C@H]2C)O3)O1)N(C)C. The average molecular weight is 608 g/mol. The topological polar surface area (TPSA) is 83.5 Å². The standard InChI is InChI=1S/C35H61NO7/c1-9-11-25(36(7)8)19-27-13-15-29(39-27)21(3)33-22(4)30-17-18-32(42-30)24(6)34(37)41-26(12-10-2)20-28-14-16-31(40-28)23(5)35(38)43-33/h21-33H,9-20H2,1-8H3/t21-,22-,23+,24-,25?,26+,27+,28+,29-,30+,31-,32-,33+/m1/s1. The van der Waals surface area contributed by atoms with Gasteiger partial charge in [0, 0.05) is 24.3 Å². The van der Waals surface area contributed by atoms with Gasteiger partial charge in [0.15, 0.2) is 0 Å². The largest absolute Gasteiger partial charge is 0.462 e. The number of carbonyl (C=O) groups excluding carboxylic acids is 2. The van der Waals surface area contributed by atoms with Crippen molar-refractivity contribution in [2.45, 2.75) is 173 Å². The van der Waals surface area contributed by atoms with E-state index in [1.54, 1.807) is 0 Å². The first-order chi connectivity index (χ1) is 20.5. The Kier molecular flexibility index (Phi) is 12.8. The second-order valence-corrected chi connectivity index (χ2v) is 14.5. The molecule has 4 bridgehead atoms. The molecular weight excluding hydrogens is 546 g/mol. The van der Waals surface area contributed by atoms with E-state index in [4.69, 9.17) is 23.7 Å². The van der Waals surface area contributed by atoms with Crippen LogP contribution in [0, 0.1) is 23.7 Å². The molecule has 0 aromatic rings. The maximum Gasteiger partial charge on any atom is 0.311 e. The van der Waals surface area contributed by atoms with E-state index in [2.05, 4.69) is 46.7 Å². The van der Waals surface area contributed by atoms with Crippen molar-refractivity contribution in [3.63, 3.8) is 0 Å². The fourth-order valence-corrected chi connectivity index (χ4v) is 8.01. The number of nitrogens with zero attached hydrogens (tertiary/aromatic N) is 1. The van der Waals surface area contributed by atoms with E-state index in [1.165, 1.54) is 0 Å². The Labute approximate surface area is 261 Å². The van der Waals surface area contributed by atoms with Crippen LogP contribution in [0.25, 0.3) is 0 Å². The Morgan fingerprint density at radius 3 is 2.09 bits per heavy atom. The van der Waals surface area contributed by atoms with Crippen molar-refractivity contribution in [3.05, 3.63) is 0 Å². The molecule has 0 amide bonds. The van der Waals surface area contributed by atoms with Crippen molar-refractivity contribution in [1.82, 2.24) is 4.90 Å². The second-order valence-electron chi connectivity index (χ2n) is 14.5. The van der Waals surface area contributed by atoms with Crippen molar-refractivity contribution in [2.24, 2.45) is 23.7 Å². The molecule has 4 heterocycles. The Bertz CT molecular complexity index is 897. The Balaban J connectivity index is 1.51. The van der Waals surface area contributed by atoms with Crippen LogP contribution in [0.5, 0.6) is 0 Å². The number of carbonyl (C=O) groups is 2. The van der Waals surface area contributed by atoms with Crippen LogP contribution >= 0.6 is 0 Å². The Morgan fingerprint density at radius 2 is 1.42 bits per heavy atom. The molecule has 8 heteroatoms. The minimum absolute atomic E-state index is 0.0175. The number of rotatable bonds is 9. The first-order valence-electron chi connectivity index (χ1n) is 17.6. The third-order valence-electron chi connectivity index (χ3n) is 11.0. The lowest BCUT2D eigenvalue weighted by molar-refractivity contribution is -0.175. The number of hydrogen-bond acceptors (Lipinski definition) is 8. The summed E-state index contributed by atoms with van der Waals surface area (Å²) in [5.74, 6) is -1.08. The summed E-state index contributed by atoms with van der Waals surface area (Å²) in [6, 6.07) is 0.509. The first kappa shape index (κ1) is 34.6. The van der Waals surface area contributed by atoms with Crippen LogP contribution in [0.4, 0.5) is 0 Å². The molecule has 0 aromatic heterocycles. The zero-order valence-electron chi connectivity index (χ0n) is 28.3. The second kappa shape index (κ2) is 15.9. The molecule has 0 radical (unpaired) electrons. The molecule has 4 aliphatic heterocycles. The van der Waals surface area contributed by atoms with Crippen LogP contribution < -0.4 is 0 Å². The molecule has 0 N–H and O–H groups in total. The van der Waals surface area contributed by atoms with Gasteiger partial charge in [-0.25, -0.2) is 0 Å². The third-order valence-corrected chi connectivity index (χ3v) is 11.0. The summed E-state index contributed by atoms with van der Waals surface area (Å²) >= 11 is 0. The predicted molar refractivity (Wildman–Crippen MR) is 167 cm³/mol. The molecule has 4 rings (SSSR count). The number of hydrogen-bond donors (Lipinski definition) is 0. The summed E-state index contributed by atoms with van der Waals surface area (Å²) in [7, 11) is 4.32. The Morgan fingerprint density at radius 1 is 0.767 bits per heavy atom. The number of cyclic esters (lactones) is 2. The van der Waals surface area contributed by atoms with Crippen LogP contribution in [-0.2, 0) is 33.3 Å². The molecule has 4 aliphatic rings. The molecule has 8 nitrogen and oxygen atoms in total. The molecule has 0 saturated carbocycles. The fourth-order valence-electron chi connectivity index (χ4n) is 8.01. The monoisotopic (exact) mass is 607 g/mol. The number of ether oxygens (including phenoxy) is 5. The van der Waals surface area contributed by atoms with Gasteiger partial charge in [-0.05, 0) is 85.7 Å². The lowest BCUT2D eigenvalue weighted by Gasteiger charge is -2.36. The lowest BCUT2D eigenvalue weighted by atomic mass is 9.84. The van der Waals surface area contributed by atoms with E-state index in [1.807, 2.05) is 13.8 Å². The van der Waals surface area contributed by atoms with E-state index in [0.29, 0.717) is 12.5 Å². The number of esters is 2. The molecule has 248 valence electrons. The highest BCUT2D eigenvalue weighted by Crippen LogP contribution is 2.39. The van der Waals surface area contributed by atoms with Crippen molar-refractivity contribution in [2.75, 3.05) is 14.1 Å². The third kappa shape index (κ3) is 8.74. The van der Waals surface area contributed by atoms with Gasteiger partial charge in [-0.2, -0.15) is 0 Å². The van der Waals surface area contributed by atoms with Crippen LogP contribution in [0.3, 0.4) is 0 Å². The molecule has 0 spiro atoms. The van der Waals surface area contributed by atoms with Gasteiger partial charge in [0.25, 0.3) is 0 Å². The fraction of sp³-hybridized carbons (Fsp3) is 0.943. The summed E-state index contributed by atoms with van der Waals surface area (Å²) in [6.07, 6.45) is 10.3. The van der Waals surface area contributed by atoms with Gasteiger partial charge >= 0.3 is 11.9 Å². The summed E-state index contributed by atoms with van der Waals surface area (Å²) in [5.41, 5.74) is 0. The molecule has 13 atom stereocenters. The smallest absolute Gasteiger partial charge is 0.311 e. The van der Waals surface area contributed by atoms with Crippen LogP contribution in [-0.4, -0.2) is 85.8 Å². The van der Waals surface area contributed by atoms with Crippen molar-refractivity contribution < 1.29 is 33.3 Å². The normalized spacial score (nSPS) is 40.8. The molecule has 0 aromatic carbocycles. The van der Waals surface area contributed by atoms with Gasteiger partial charge in [-0.3, -0.25) is 9.59 Å². The minimum Gasteiger partial charge on any atom is -0.462 e. The van der Waals surface area contributed by atoms with E-state index in [0.717, 1.165) is 70.6 Å². The zero-order valence-corrected chi connectivity index (χ0v) is 28.3. The molecule has 43 heavy (non-hydrogen) atoms. The highest BCUT2D eigenvalue weighted by Gasteiger charge is 2.46. The van der Waals surface area contributed by atoms with Gasteiger partial charge in [0.05, 0.1) is 48.5 Å². The van der Waals surface area contributed by atoms with Gasteiger partial charge in [-0.15, -0.1) is 0 Å². The van der Waals surface area contributed by atoms with Crippen LogP contribution in [0.1, 0.15) is 119 Å².